The van der Waals surface area contributed by atoms with Crippen molar-refractivity contribution in [2.45, 2.75) is 25.8 Å². The van der Waals surface area contributed by atoms with Crippen LogP contribution in [-0.4, -0.2) is 56.7 Å². The van der Waals surface area contributed by atoms with Crippen molar-refractivity contribution in [3.63, 3.8) is 0 Å². The Bertz CT molecular complexity index is 672. The zero-order valence-corrected chi connectivity index (χ0v) is 13.8. The van der Waals surface area contributed by atoms with Crippen LogP contribution in [0.3, 0.4) is 0 Å². The van der Waals surface area contributed by atoms with Crippen LogP contribution in [0, 0.1) is 5.92 Å². The van der Waals surface area contributed by atoms with E-state index in [0.29, 0.717) is 24.8 Å². The van der Waals surface area contributed by atoms with E-state index in [2.05, 4.69) is 20.8 Å². The molecule has 0 saturated carbocycles. The number of carbonyl (C=O) groups is 1. The lowest BCUT2D eigenvalue weighted by Crippen LogP contribution is -2.42. The molecule has 1 aromatic carbocycles. The molecule has 3 rings (SSSR count). The second-order valence-electron chi connectivity index (χ2n) is 6.03. The predicted molar refractivity (Wildman–Crippen MR) is 90.6 cm³/mol. The Kier molecular flexibility index (Phi) is 5.05. The molecule has 2 atom stereocenters. The van der Waals surface area contributed by atoms with Gasteiger partial charge in [0.2, 0.25) is 11.9 Å². The van der Waals surface area contributed by atoms with Crippen molar-refractivity contribution in [3.05, 3.63) is 30.3 Å². The van der Waals surface area contributed by atoms with E-state index in [9.17, 15) is 4.79 Å². The summed E-state index contributed by atoms with van der Waals surface area (Å²) in [6.07, 6.45) is 1.63. The van der Waals surface area contributed by atoms with Crippen LogP contribution >= 0.6 is 0 Å². The molecule has 2 heterocycles. The van der Waals surface area contributed by atoms with E-state index in [4.69, 9.17) is 5.73 Å². The van der Waals surface area contributed by atoms with Gasteiger partial charge in [0.05, 0.1) is 5.69 Å². The topological polar surface area (TPSA) is 102 Å². The molecule has 24 heavy (non-hydrogen) atoms. The minimum Gasteiger partial charge on any atom is -0.341 e. The summed E-state index contributed by atoms with van der Waals surface area (Å²) in [5, 5.41) is 14.9. The Labute approximate surface area is 141 Å². The summed E-state index contributed by atoms with van der Waals surface area (Å²) in [6, 6.07) is 9.24. The molecule has 1 aliphatic heterocycles. The first-order valence-electron chi connectivity index (χ1n) is 8.32. The molecule has 1 amide bonds. The highest BCUT2D eigenvalue weighted by Gasteiger charge is 2.30. The summed E-state index contributed by atoms with van der Waals surface area (Å²) in [5.41, 5.74) is 6.56. The molecule has 1 fully saturated rings. The maximum atomic E-state index is 12.8. The molecule has 0 bridgehead atoms. The maximum Gasteiger partial charge on any atom is 0.248 e. The first-order valence-corrected chi connectivity index (χ1v) is 8.32. The number of aromatic nitrogens is 4. The SMILES string of the molecule is CC[C@@H](Nc1nnnn1-c1ccccc1)C(=O)N1CC[C@@H](CN)C1. The first-order chi connectivity index (χ1) is 11.7. The quantitative estimate of drug-likeness (QED) is 0.807. The van der Waals surface area contributed by atoms with Crippen molar-refractivity contribution < 1.29 is 4.79 Å². The molecule has 8 nitrogen and oxygen atoms in total. The van der Waals surface area contributed by atoms with Crippen LogP contribution in [0.15, 0.2) is 30.3 Å². The number of nitrogens with zero attached hydrogens (tertiary/aromatic N) is 5. The molecule has 3 N–H and O–H groups in total. The number of nitrogens with two attached hydrogens (primary N) is 1. The van der Waals surface area contributed by atoms with E-state index in [1.807, 2.05) is 42.2 Å². The third-order valence-corrected chi connectivity index (χ3v) is 4.41. The van der Waals surface area contributed by atoms with Gasteiger partial charge < -0.3 is 16.0 Å². The number of tetrazole rings is 1. The fourth-order valence-electron chi connectivity index (χ4n) is 2.96. The second-order valence-corrected chi connectivity index (χ2v) is 6.03. The summed E-state index contributed by atoms with van der Waals surface area (Å²) in [6.45, 7) is 4.10. The molecule has 0 aliphatic carbocycles. The van der Waals surface area contributed by atoms with Crippen LogP contribution < -0.4 is 11.1 Å². The van der Waals surface area contributed by atoms with Crippen molar-refractivity contribution in [3.8, 4) is 5.69 Å². The predicted octanol–water partition coefficient (Wildman–Crippen LogP) is 0.660. The van der Waals surface area contributed by atoms with Gasteiger partial charge in [0.15, 0.2) is 0 Å². The number of hydrogen-bond acceptors (Lipinski definition) is 6. The third kappa shape index (κ3) is 3.38. The van der Waals surface area contributed by atoms with Gasteiger partial charge in [-0.05, 0) is 47.9 Å². The summed E-state index contributed by atoms with van der Waals surface area (Å²) in [4.78, 5) is 14.6. The van der Waals surface area contributed by atoms with Crippen molar-refractivity contribution in [2.75, 3.05) is 25.0 Å². The van der Waals surface area contributed by atoms with Gasteiger partial charge in [-0.25, -0.2) is 0 Å². The zero-order chi connectivity index (χ0) is 16.9. The van der Waals surface area contributed by atoms with Gasteiger partial charge in [-0.1, -0.05) is 30.2 Å². The number of nitrogens with one attached hydrogen (secondary N) is 1. The monoisotopic (exact) mass is 329 g/mol. The van der Waals surface area contributed by atoms with Gasteiger partial charge in [0.1, 0.15) is 6.04 Å². The lowest BCUT2D eigenvalue weighted by molar-refractivity contribution is -0.131. The number of rotatable bonds is 6. The van der Waals surface area contributed by atoms with E-state index in [1.54, 1.807) is 4.68 Å². The van der Waals surface area contributed by atoms with Crippen LogP contribution in [0.5, 0.6) is 0 Å². The van der Waals surface area contributed by atoms with Gasteiger partial charge in [-0.3, -0.25) is 4.79 Å². The minimum absolute atomic E-state index is 0.0797. The van der Waals surface area contributed by atoms with Crippen LogP contribution in [0.2, 0.25) is 0 Å². The summed E-state index contributed by atoms with van der Waals surface area (Å²) in [5.74, 6) is 0.952. The van der Waals surface area contributed by atoms with Gasteiger partial charge in [0, 0.05) is 13.1 Å². The minimum atomic E-state index is -0.352. The van der Waals surface area contributed by atoms with E-state index in [0.717, 1.165) is 25.2 Å². The zero-order valence-electron chi connectivity index (χ0n) is 13.8. The largest absolute Gasteiger partial charge is 0.341 e. The van der Waals surface area contributed by atoms with E-state index in [-0.39, 0.29) is 11.9 Å². The molecule has 8 heteroatoms. The van der Waals surface area contributed by atoms with Crippen LogP contribution in [0.1, 0.15) is 19.8 Å². The third-order valence-electron chi connectivity index (χ3n) is 4.41. The number of benzene rings is 1. The number of hydrogen-bond donors (Lipinski definition) is 2. The summed E-state index contributed by atoms with van der Waals surface area (Å²) in [7, 11) is 0. The fraction of sp³-hybridized carbons (Fsp3) is 0.500. The lowest BCUT2D eigenvalue weighted by atomic mass is 10.1. The number of likely N-dealkylation sites (tertiary alicyclic amines) is 1. The Morgan fingerprint density at radius 2 is 2.21 bits per heavy atom. The highest BCUT2D eigenvalue weighted by molar-refractivity contribution is 5.84. The van der Waals surface area contributed by atoms with Gasteiger partial charge in [0.25, 0.3) is 0 Å². The number of carbonyl (C=O) groups excluding carboxylic acids is 1. The normalized spacial score (nSPS) is 18.6. The van der Waals surface area contributed by atoms with Crippen molar-refractivity contribution in [1.82, 2.24) is 25.1 Å². The number of amides is 1. The second kappa shape index (κ2) is 7.39. The van der Waals surface area contributed by atoms with Crippen LogP contribution in [-0.2, 0) is 4.79 Å². The number of anilines is 1. The standard InChI is InChI=1S/C16H23N7O/c1-2-14(15(24)22-9-8-12(10-17)11-22)18-16-19-20-21-23(16)13-6-4-3-5-7-13/h3-7,12,14H,2,8-11,17H2,1H3,(H,18,19,21)/t12-,14+/m0/s1. The smallest absolute Gasteiger partial charge is 0.248 e. The van der Waals surface area contributed by atoms with Gasteiger partial charge >= 0.3 is 0 Å². The maximum absolute atomic E-state index is 12.8. The highest BCUT2D eigenvalue weighted by atomic mass is 16.2. The molecule has 0 unspecified atom stereocenters. The van der Waals surface area contributed by atoms with E-state index >= 15 is 0 Å². The molecule has 1 aromatic heterocycles. The number of para-hydroxylation sites is 1. The average molecular weight is 329 g/mol. The first kappa shape index (κ1) is 16.4. The molecule has 2 aromatic rings. The summed E-state index contributed by atoms with van der Waals surface area (Å²) < 4.78 is 1.60. The van der Waals surface area contributed by atoms with Crippen LogP contribution in [0.4, 0.5) is 5.95 Å². The Morgan fingerprint density at radius 1 is 1.42 bits per heavy atom. The molecule has 1 saturated heterocycles. The van der Waals surface area contributed by atoms with Gasteiger partial charge in [-0.15, -0.1) is 0 Å². The Hall–Kier alpha value is -2.48. The van der Waals surface area contributed by atoms with E-state index < -0.39 is 0 Å². The van der Waals surface area contributed by atoms with Crippen molar-refractivity contribution >= 4 is 11.9 Å². The highest BCUT2D eigenvalue weighted by Crippen LogP contribution is 2.18. The summed E-state index contributed by atoms with van der Waals surface area (Å²) >= 11 is 0. The molecular weight excluding hydrogens is 306 g/mol. The van der Waals surface area contributed by atoms with E-state index in [1.165, 1.54) is 0 Å². The average Bonchev–Trinajstić information content (AvgIpc) is 3.29. The Balaban J connectivity index is 1.73. The fourth-order valence-corrected chi connectivity index (χ4v) is 2.96. The van der Waals surface area contributed by atoms with Gasteiger partial charge in [-0.2, -0.15) is 4.68 Å². The van der Waals surface area contributed by atoms with Crippen LogP contribution in [0.25, 0.3) is 5.69 Å². The molecule has 0 spiro atoms. The molecular formula is C16H23N7O. The molecule has 0 radical (unpaired) electrons. The Morgan fingerprint density at radius 3 is 2.88 bits per heavy atom. The molecule has 128 valence electrons. The molecule has 1 aliphatic rings. The lowest BCUT2D eigenvalue weighted by Gasteiger charge is -2.23. The van der Waals surface area contributed by atoms with Crippen molar-refractivity contribution in [1.29, 1.82) is 0 Å². The van der Waals surface area contributed by atoms with Crippen molar-refractivity contribution in [2.24, 2.45) is 11.7 Å².